The Balaban J connectivity index is 2.39. The Morgan fingerprint density at radius 3 is 2.53 bits per heavy atom. The molecule has 0 unspecified atom stereocenters. The molecular formula is C15H19N3O. The Hall–Kier alpha value is -2.10. The van der Waals surface area contributed by atoms with Crippen LogP contribution in [0.1, 0.15) is 20.8 Å². The Morgan fingerprint density at radius 2 is 1.89 bits per heavy atom. The zero-order valence-electron chi connectivity index (χ0n) is 11.6. The predicted molar refractivity (Wildman–Crippen MR) is 77.4 cm³/mol. The molecule has 0 aliphatic carbocycles. The van der Waals surface area contributed by atoms with Crippen molar-refractivity contribution in [3.63, 3.8) is 0 Å². The van der Waals surface area contributed by atoms with Gasteiger partial charge in [0, 0.05) is 18.2 Å². The summed E-state index contributed by atoms with van der Waals surface area (Å²) in [6, 6.07) is 11.7. The Morgan fingerprint density at radius 1 is 1.16 bits per heavy atom. The summed E-state index contributed by atoms with van der Waals surface area (Å²) in [5.41, 5.74) is 0.982. The molecule has 4 heteroatoms. The van der Waals surface area contributed by atoms with E-state index < -0.39 is 0 Å². The van der Waals surface area contributed by atoms with Crippen LogP contribution in [0.15, 0.2) is 36.4 Å². The first-order valence-corrected chi connectivity index (χ1v) is 6.54. The lowest BCUT2D eigenvalue weighted by molar-refractivity contribution is 0.232. The molecule has 0 saturated carbocycles. The summed E-state index contributed by atoms with van der Waals surface area (Å²) in [4.78, 5) is 8.95. The first-order chi connectivity index (χ1) is 9.19. The lowest BCUT2D eigenvalue weighted by Crippen LogP contribution is -2.09. The molecule has 0 saturated heterocycles. The topological polar surface area (TPSA) is 47.0 Å². The molecule has 2 rings (SSSR count). The molecule has 1 aromatic carbocycles. The van der Waals surface area contributed by atoms with Gasteiger partial charge in [-0.2, -0.15) is 4.98 Å². The quantitative estimate of drug-likeness (QED) is 0.892. The van der Waals surface area contributed by atoms with E-state index in [9.17, 15) is 0 Å². The number of nitrogens with one attached hydrogen (secondary N) is 1. The number of hydrogen-bond donors (Lipinski definition) is 1. The van der Waals surface area contributed by atoms with Crippen molar-refractivity contribution in [3.05, 3.63) is 36.4 Å². The summed E-state index contributed by atoms with van der Waals surface area (Å²) in [6.45, 7) is 6.81. The first kappa shape index (κ1) is 13.3. The van der Waals surface area contributed by atoms with Crippen LogP contribution in [0.4, 0.5) is 5.82 Å². The monoisotopic (exact) mass is 257 g/mol. The molecule has 0 bridgehead atoms. The van der Waals surface area contributed by atoms with Crippen LogP contribution in [0.3, 0.4) is 0 Å². The maximum Gasteiger partial charge on any atom is 0.219 e. The molecule has 1 N–H and O–H groups in total. The van der Waals surface area contributed by atoms with Gasteiger partial charge < -0.3 is 10.1 Å². The van der Waals surface area contributed by atoms with Crippen LogP contribution in [0, 0.1) is 0 Å². The summed E-state index contributed by atoms with van der Waals surface area (Å²) >= 11 is 0. The SMILES string of the molecule is CCNc1cc(OC(C)C)nc(-c2ccccc2)n1. The molecule has 0 radical (unpaired) electrons. The fourth-order valence-electron chi connectivity index (χ4n) is 1.71. The Kier molecular flexibility index (Phi) is 4.34. The number of nitrogens with zero attached hydrogens (tertiary/aromatic N) is 2. The third kappa shape index (κ3) is 3.68. The summed E-state index contributed by atoms with van der Waals surface area (Å²) in [5.74, 6) is 2.06. The second-order valence-electron chi connectivity index (χ2n) is 4.48. The third-order valence-corrected chi connectivity index (χ3v) is 2.45. The van der Waals surface area contributed by atoms with E-state index in [0.717, 1.165) is 17.9 Å². The van der Waals surface area contributed by atoms with E-state index in [1.165, 1.54) is 0 Å². The van der Waals surface area contributed by atoms with Gasteiger partial charge in [-0.15, -0.1) is 0 Å². The van der Waals surface area contributed by atoms with Crippen LogP contribution in [-0.4, -0.2) is 22.6 Å². The molecule has 0 fully saturated rings. The van der Waals surface area contributed by atoms with Gasteiger partial charge in [0.1, 0.15) is 5.82 Å². The fourth-order valence-corrected chi connectivity index (χ4v) is 1.71. The maximum atomic E-state index is 5.67. The van der Waals surface area contributed by atoms with E-state index in [1.807, 2.05) is 57.2 Å². The molecule has 2 aromatic rings. The highest BCUT2D eigenvalue weighted by Crippen LogP contribution is 2.21. The van der Waals surface area contributed by atoms with Crippen LogP contribution in [0.5, 0.6) is 5.88 Å². The van der Waals surface area contributed by atoms with Crippen LogP contribution < -0.4 is 10.1 Å². The van der Waals surface area contributed by atoms with Gasteiger partial charge >= 0.3 is 0 Å². The number of aromatic nitrogens is 2. The Labute approximate surface area is 113 Å². The molecule has 1 aromatic heterocycles. The molecule has 0 aliphatic heterocycles. The minimum absolute atomic E-state index is 0.0907. The predicted octanol–water partition coefficient (Wildman–Crippen LogP) is 3.36. The summed E-state index contributed by atoms with van der Waals surface area (Å²) < 4.78 is 5.67. The van der Waals surface area contributed by atoms with E-state index in [1.54, 1.807) is 0 Å². The van der Waals surface area contributed by atoms with Crippen molar-refractivity contribution in [2.24, 2.45) is 0 Å². The average Bonchev–Trinajstić information content (AvgIpc) is 2.39. The lowest BCUT2D eigenvalue weighted by Gasteiger charge is -2.12. The van der Waals surface area contributed by atoms with Gasteiger partial charge in [0.05, 0.1) is 6.10 Å². The van der Waals surface area contributed by atoms with E-state index in [-0.39, 0.29) is 6.10 Å². The van der Waals surface area contributed by atoms with Crippen LogP contribution in [0.2, 0.25) is 0 Å². The van der Waals surface area contributed by atoms with Crippen molar-refractivity contribution in [2.75, 3.05) is 11.9 Å². The minimum Gasteiger partial charge on any atom is -0.475 e. The van der Waals surface area contributed by atoms with E-state index in [0.29, 0.717) is 11.7 Å². The standard InChI is InChI=1S/C15H19N3O/c1-4-16-13-10-14(19-11(2)3)18-15(17-13)12-8-6-5-7-9-12/h5-11H,4H2,1-3H3,(H,16,17,18). The zero-order chi connectivity index (χ0) is 13.7. The fraction of sp³-hybridized carbons (Fsp3) is 0.333. The highest BCUT2D eigenvalue weighted by atomic mass is 16.5. The maximum absolute atomic E-state index is 5.67. The van der Waals surface area contributed by atoms with Crippen LogP contribution >= 0.6 is 0 Å². The van der Waals surface area contributed by atoms with Crippen LogP contribution in [-0.2, 0) is 0 Å². The second-order valence-corrected chi connectivity index (χ2v) is 4.48. The largest absolute Gasteiger partial charge is 0.475 e. The molecule has 0 atom stereocenters. The molecule has 19 heavy (non-hydrogen) atoms. The van der Waals surface area contributed by atoms with Crippen molar-refractivity contribution in [1.82, 2.24) is 9.97 Å². The van der Waals surface area contributed by atoms with Crippen molar-refractivity contribution < 1.29 is 4.74 Å². The molecule has 1 heterocycles. The normalized spacial score (nSPS) is 10.5. The zero-order valence-corrected chi connectivity index (χ0v) is 11.6. The molecule has 4 nitrogen and oxygen atoms in total. The van der Waals surface area contributed by atoms with Crippen molar-refractivity contribution >= 4 is 5.82 Å². The van der Waals surface area contributed by atoms with E-state index in [4.69, 9.17) is 4.74 Å². The van der Waals surface area contributed by atoms with Gasteiger partial charge in [0.15, 0.2) is 5.82 Å². The van der Waals surface area contributed by atoms with E-state index >= 15 is 0 Å². The summed E-state index contributed by atoms with van der Waals surface area (Å²) in [7, 11) is 0. The highest BCUT2D eigenvalue weighted by Gasteiger charge is 2.08. The van der Waals surface area contributed by atoms with Gasteiger partial charge in [0.2, 0.25) is 5.88 Å². The number of rotatable bonds is 5. The first-order valence-electron chi connectivity index (χ1n) is 6.54. The smallest absolute Gasteiger partial charge is 0.219 e. The third-order valence-electron chi connectivity index (χ3n) is 2.45. The molecular weight excluding hydrogens is 238 g/mol. The molecule has 0 amide bonds. The number of hydrogen-bond acceptors (Lipinski definition) is 4. The van der Waals surface area contributed by atoms with Crippen molar-refractivity contribution in [3.8, 4) is 17.3 Å². The van der Waals surface area contributed by atoms with Crippen molar-refractivity contribution in [1.29, 1.82) is 0 Å². The number of benzene rings is 1. The van der Waals surface area contributed by atoms with Crippen LogP contribution in [0.25, 0.3) is 11.4 Å². The molecule has 0 aliphatic rings. The molecule has 100 valence electrons. The number of ether oxygens (including phenoxy) is 1. The van der Waals surface area contributed by atoms with Gasteiger partial charge in [0.25, 0.3) is 0 Å². The second kappa shape index (κ2) is 6.18. The lowest BCUT2D eigenvalue weighted by atomic mass is 10.2. The van der Waals surface area contributed by atoms with Crippen molar-refractivity contribution in [2.45, 2.75) is 26.9 Å². The Bertz CT molecular complexity index is 526. The van der Waals surface area contributed by atoms with Gasteiger partial charge in [-0.1, -0.05) is 30.3 Å². The summed E-state index contributed by atoms with van der Waals surface area (Å²) in [6.07, 6.45) is 0.0907. The van der Waals surface area contributed by atoms with E-state index in [2.05, 4.69) is 15.3 Å². The minimum atomic E-state index is 0.0907. The average molecular weight is 257 g/mol. The number of anilines is 1. The van der Waals surface area contributed by atoms with Gasteiger partial charge in [-0.05, 0) is 20.8 Å². The van der Waals surface area contributed by atoms with Gasteiger partial charge in [-0.3, -0.25) is 0 Å². The highest BCUT2D eigenvalue weighted by molar-refractivity contribution is 5.58. The molecule has 0 spiro atoms. The van der Waals surface area contributed by atoms with Gasteiger partial charge in [-0.25, -0.2) is 4.98 Å². The summed E-state index contributed by atoms with van der Waals surface area (Å²) in [5, 5.41) is 3.20.